The van der Waals surface area contributed by atoms with Gasteiger partial charge in [0.1, 0.15) is 0 Å². The molecule has 0 aromatic carbocycles. The van der Waals surface area contributed by atoms with Gasteiger partial charge in [-0.2, -0.15) is 0 Å². The average Bonchev–Trinajstić information content (AvgIpc) is 2.80. The van der Waals surface area contributed by atoms with Gasteiger partial charge in [-0.05, 0) is 49.1 Å². The topological polar surface area (TPSA) is 29.3 Å². The Morgan fingerprint density at radius 3 is 3.05 bits per heavy atom. The van der Waals surface area contributed by atoms with E-state index in [1.807, 2.05) is 11.3 Å². The zero-order valence-corrected chi connectivity index (χ0v) is 12.8. The van der Waals surface area contributed by atoms with Crippen molar-refractivity contribution in [1.29, 1.82) is 0 Å². The summed E-state index contributed by atoms with van der Waals surface area (Å²) >= 11 is 1.93. The van der Waals surface area contributed by atoms with Crippen molar-refractivity contribution < 1.29 is 0 Å². The largest absolute Gasteiger partial charge is 0.327 e. The summed E-state index contributed by atoms with van der Waals surface area (Å²) in [5.74, 6) is 0.713. The van der Waals surface area contributed by atoms with E-state index in [4.69, 9.17) is 5.73 Å². The lowest BCUT2D eigenvalue weighted by molar-refractivity contribution is 0.153. The zero-order valence-electron chi connectivity index (χ0n) is 12.0. The normalized spacial score (nSPS) is 32.8. The molecule has 2 aliphatic rings. The van der Waals surface area contributed by atoms with E-state index in [-0.39, 0.29) is 0 Å². The maximum Gasteiger partial charge on any atom is 0.0331 e. The lowest BCUT2D eigenvalue weighted by atomic mass is 9.92. The second kappa shape index (κ2) is 5.94. The lowest BCUT2D eigenvalue weighted by Gasteiger charge is -2.37. The predicted molar refractivity (Wildman–Crippen MR) is 82.6 cm³/mol. The highest BCUT2D eigenvalue weighted by molar-refractivity contribution is 7.10. The molecular weight excluding hydrogens is 252 g/mol. The van der Waals surface area contributed by atoms with E-state index in [1.165, 1.54) is 51.6 Å². The molecule has 19 heavy (non-hydrogen) atoms. The van der Waals surface area contributed by atoms with E-state index in [1.54, 1.807) is 10.4 Å². The molecule has 0 spiro atoms. The van der Waals surface area contributed by atoms with Gasteiger partial charge in [0.05, 0.1) is 0 Å². The second-order valence-electron chi connectivity index (χ2n) is 6.28. The Balaban J connectivity index is 1.67. The Morgan fingerprint density at radius 2 is 2.16 bits per heavy atom. The van der Waals surface area contributed by atoms with Crippen LogP contribution in [0.25, 0.3) is 0 Å². The summed E-state index contributed by atoms with van der Waals surface area (Å²) in [5.41, 5.74) is 7.96. The first kappa shape index (κ1) is 13.6. The second-order valence-corrected chi connectivity index (χ2v) is 7.28. The molecule has 2 nitrogen and oxygen atoms in total. The SMILES string of the molecule is CC1c2ccsc2CCN1CC1CCCCCC1N. The third kappa shape index (κ3) is 2.88. The van der Waals surface area contributed by atoms with E-state index >= 15 is 0 Å². The van der Waals surface area contributed by atoms with Gasteiger partial charge >= 0.3 is 0 Å². The van der Waals surface area contributed by atoms with Gasteiger partial charge in [0.15, 0.2) is 0 Å². The van der Waals surface area contributed by atoms with Crippen LogP contribution in [0.5, 0.6) is 0 Å². The number of nitrogens with two attached hydrogens (primary N) is 1. The predicted octanol–water partition coefficient (Wildman–Crippen LogP) is 3.57. The number of rotatable bonds is 2. The molecular formula is C16H26N2S. The van der Waals surface area contributed by atoms with Gasteiger partial charge in [-0.1, -0.05) is 19.3 Å². The van der Waals surface area contributed by atoms with E-state index in [0.29, 0.717) is 18.0 Å². The van der Waals surface area contributed by atoms with Crippen LogP contribution in [0.4, 0.5) is 0 Å². The smallest absolute Gasteiger partial charge is 0.0331 e. The first-order valence-electron chi connectivity index (χ1n) is 7.81. The Bertz CT molecular complexity index is 415. The van der Waals surface area contributed by atoms with Crippen LogP contribution < -0.4 is 5.73 Å². The fourth-order valence-electron chi connectivity index (χ4n) is 3.75. The van der Waals surface area contributed by atoms with Crippen molar-refractivity contribution in [3.63, 3.8) is 0 Å². The summed E-state index contributed by atoms with van der Waals surface area (Å²) in [7, 11) is 0. The minimum Gasteiger partial charge on any atom is -0.327 e. The number of fused-ring (bicyclic) bond motifs is 1. The molecule has 0 saturated heterocycles. The van der Waals surface area contributed by atoms with Crippen molar-refractivity contribution in [1.82, 2.24) is 4.90 Å². The van der Waals surface area contributed by atoms with Crippen LogP contribution in [0.3, 0.4) is 0 Å². The Kier molecular flexibility index (Phi) is 4.25. The van der Waals surface area contributed by atoms with Crippen LogP contribution in [0, 0.1) is 5.92 Å². The van der Waals surface area contributed by atoms with Gasteiger partial charge < -0.3 is 5.73 Å². The van der Waals surface area contributed by atoms with E-state index in [2.05, 4.69) is 23.3 Å². The molecule has 0 amide bonds. The van der Waals surface area contributed by atoms with Crippen molar-refractivity contribution in [2.45, 2.75) is 57.5 Å². The monoisotopic (exact) mass is 278 g/mol. The maximum atomic E-state index is 6.39. The van der Waals surface area contributed by atoms with Crippen molar-refractivity contribution in [2.24, 2.45) is 11.7 Å². The molecule has 3 atom stereocenters. The summed E-state index contributed by atoms with van der Waals surface area (Å²) in [6.07, 6.45) is 7.90. The number of hydrogen-bond donors (Lipinski definition) is 1. The van der Waals surface area contributed by atoms with Crippen molar-refractivity contribution in [3.8, 4) is 0 Å². The Labute approximate surface area is 121 Å². The minimum absolute atomic E-state index is 0.429. The standard InChI is InChI=1S/C16H26N2S/c1-12-14-8-10-19-16(14)7-9-18(12)11-13-5-3-2-4-6-15(13)17/h8,10,12-13,15H,2-7,9,11,17H2,1H3. The molecule has 106 valence electrons. The number of thiophene rings is 1. The zero-order chi connectivity index (χ0) is 13.2. The summed E-state index contributed by atoms with van der Waals surface area (Å²) in [5, 5.41) is 2.25. The highest BCUT2D eigenvalue weighted by atomic mass is 32.1. The molecule has 1 aromatic rings. The van der Waals surface area contributed by atoms with Gasteiger partial charge in [-0.25, -0.2) is 0 Å². The number of hydrogen-bond acceptors (Lipinski definition) is 3. The Morgan fingerprint density at radius 1 is 1.32 bits per heavy atom. The van der Waals surface area contributed by atoms with Crippen molar-refractivity contribution in [2.75, 3.05) is 13.1 Å². The van der Waals surface area contributed by atoms with Crippen LogP contribution in [0.2, 0.25) is 0 Å². The van der Waals surface area contributed by atoms with Crippen LogP contribution in [0.1, 0.15) is 55.5 Å². The van der Waals surface area contributed by atoms with Crippen molar-refractivity contribution >= 4 is 11.3 Å². The van der Waals surface area contributed by atoms with Gasteiger partial charge in [0, 0.05) is 30.1 Å². The first-order chi connectivity index (χ1) is 9.25. The summed E-state index contributed by atoms with van der Waals surface area (Å²) in [6.45, 7) is 4.79. The summed E-state index contributed by atoms with van der Waals surface area (Å²) in [4.78, 5) is 4.28. The molecule has 2 N–H and O–H groups in total. The van der Waals surface area contributed by atoms with E-state index in [0.717, 1.165) is 0 Å². The highest BCUT2D eigenvalue weighted by Gasteiger charge is 2.29. The molecule has 1 aliphatic carbocycles. The summed E-state index contributed by atoms with van der Waals surface area (Å²) in [6, 6.07) is 3.34. The molecule has 0 radical (unpaired) electrons. The fourth-order valence-corrected chi connectivity index (χ4v) is 4.71. The summed E-state index contributed by atoms with van der Waals surface area (Å²) < 4.78 is 0. The molecule has 2 heterocycles. The van der Waals surface area contributed by atoms with Gasteiger partial charge in [-0.3, -0.25) is 4.90 Å². The molecule has 0 bridgehead atoms. The van der Waals surface area contributed by atoms with Gasteiger partial charge in [0.25, 0.3) is 0 Å². The average molecular weight is 278 g/mol. The molecule has 3 unspecified atom stereocenters. The van der Waals surface area contributed by atoms with Crippen molar-refractivity contribution in [3.05, 3.63) is 21.9 Å². The third-order valence-corrected chi connectivity index (χ3v) is 6.09. The molecule has 1 fully saturated rings. The van der Waals surface area contributed by atoms with E-state index in [9.17, 15) is 0 Å². The third-order valence-electron chi connectivity index (χ3n) is 5.09. The quantitative estimate of drug-likeness (QED) is 0.838. The maximum absolute atomic E-state index is 6.39. The first-order valence-corrected chi connectivity index (χ1v) is 8.69. The fraction of sp³-hybridized carbons (Fsp3) is 0.750. The van der Waals surface area contributed by atoms with Crippen LogP contribution in [-0.4, -0.2) is 24.0 Å². The number of nitrogens with zero attached hydrogens (tertiary/aromatic N) is 1. The Hall–Kier alpha value is -0.380. The molecule has 3 rings (SSSR count). The molecule has 3 heteroatoms. The van der Waals surface area contributed by atoms with E-state index < -0.39 is 0 Å². The van der Waals surface area contributed by atoms with Crippen LogP contribution in [-0.2, 0) is 6.42 Å². The minimum atomic E-state index is 0.429. The van der Waals surface area contributed by atoms with Crippen LogP contribution in [0.15, 0.2) is 11.4 Å². The van der Waals surface area contributed by atoms with Crippen LogP contribution >= 0.6 is 11.3 Å². The molecule has 1 aliphatic heterocycles. The van der Waals surface area contributed by atoms with Gasteiger partial charge in [0.2, 0.25) is 0 Å². The molecule has 1 saturated carbocycles. The van der Waals surface area contributed by atoms with Gasteiger partial charge in [-0.15, -0.1) is 11.3 Å². The molecule has 1 aromatic heterocycles. The lowest BCUT2D eigenvalue weighted by Crippen LogP contribution is -2.42. The highest BCUT2D eigenvalue weighted by Crippen LogP contribution is 2.34.